The molecule has 0 bridgehead atoms. The van der Waals surface area contributed by atoms with Crippen LogP contribution >= 0.6 is 70.6 Å². The number of hydrogen-bond donors (Lipinski definition) is 2. The Morgan fingerprint density at radius 1 is 0.880 bits per heavy atom. The second-order valence-corrected chi connectivity index (χ2v) is 19.2. The van der Waals surface area contributed by atoms with Gasteiger partial charge in [-0.05, 0) is 49.0 Å². The number of carbonyl (C=O) groups is 5. The average molecular weight is 809 g/mol. The predicted molar refractivity (Wildman–Crippen MR) is 202 cm³/mol. The monoisotopic (exact) mass is 808 g/mol. The van der Waals surface area contributed by atoms with Gasteiger partial charge in [-0.15, -0.1) is 58.8 Å². The van der Waals surface area contributed by atoms with Crippen molar-refractivity contribution in [2.24, 2.45) is 0 Å². The van der Waals surface area contributed by atoms with Crippen LogP contribution < -0.4 is 0 Å². The third-order valence-corrected chi connectivity index (χ3v) is 15.2. The molecule has 2 unspecified atom stereocenters. The molecule has 50 heavy (non-hydrogen) atoms. The summed E-state index contributed by atoms with van der Waals surface area (Å²) in [5, 5.41) is 17.6. The van der Waals surface area contributed by atoms with Gasteiger partial charge in [-0.2, -0.15) is 11.8 Å². The molecular formula is C32H40O12S6. The fourth-order valence-electron chi connectivity index (χ4n) is 4.16. The minimum atomic E-state index is -1.29. The fourth-order valence-corrected chi connectivity index (χ4v) is 12.5. The molecule has 1 aromatic carbocycles. The van der Waals surface area contributed by atoms with E-state index in [1.54, 1.807) is 43.0 Å². The molecule has 18 heteroatoms. The standard InChI is InChI=1S/C32H40O12S6/c1-32(44-28(38)8-6-26(35)36,50-12-10-30-48-15-16-49-30)21-40-31(39)23-4-2-3-22(17-23)18-41-42-19-24(43-27(37)7-5-25(33)34)20-45-11-9-29-46-13-14-47-29/h2-8,17,24,29-30H,9-16,18-21H2,1H3,(H,33,34)(H,35,36). The summed E-state index contributed by atoms with van der Waals surface area (Å²) < 4.78 is 17.5. The zero-order valence-corrected chi connectivity index (χ0v) is 32.2. The fraction of sp³-hybridized carbons (Fsp3) is 0.531. The van der Waals surface area contributed by atoms with Gasteiger partial charge in [0.05, 0.1) is 14.7 Å². The second kappa shape index (κ2) is 23.6. The van der Waals surface area contributed by atoms with Crippen LogP contribution in [0.3, 0.4) is 0 Å². The zero-order chi connectivity index (χ0) is 36.2. The van der Waals surface area contributed by atoms with Crippen molar-refractivity contribution in [3.63, 3.8) is 0 Å². The number of carbonyl (C=O) groups excluding carboxylic acids is 3. The van der Waals surface area contributed by atoms with Crippen molar-refractivity contribution in [1.29, 1.82) is 0 Å². The highest BCUT2D eigenvalue weighted by atomic mass is 32.2. The summed E-state index contributed by atoms with van der Waals surface area (Å²) in [4.78, 5) is 68.5. The lowest BCUT2D eigenvalue weighted by molar-refractivity contribution is -0.313. The van der Waals surface area contributed by atoms with Gasteiger partial charge in [0, 0.05) is 53.1 Å². The molecule has 2 aliphatic heterocycles. The first kappa shape index (κ1) is 42.5. The zero-order valence-electron chi connectivity index (χ0n) is 27.3. The van der Waals surface area contributed by atoms with E-state index in [0.717, 1.165) is 53.8 Å². The summed E-state index contributed by atoms with van der Waals surface area (Å²) in [7, 11) is 0. The molecule has 3 rings (SSSR count). The van der Waals surface area contributed by atoms with Crippen LogP contribution in [0.25, 0.3) is 0 Å². The molecule has 0 aromatic heterocycles. The van der Waals surface area contributed by atoms with Gasteiger partial charge in [0.25, 0.3) is 0 Å². The highest BCUT2D eigenvalue weighted by Crippen LogP contribution is 2.37. The minimum absolute atomic E-state index is 0.0394. The lowest BCUT2D eigenvalue weighted by Gasteiger charge is -2.28. The number of benzene rings is 1. The van der Waals surface area contributed by atoms with Crippen molar-refractivity contribution < 1.29 is 58.2 Å². The Balaban J connectivity index is 1.50. The van der Waals surface area contributed by atoms with E-state index in [1.807, 2.05) is 47.0 Å². The van der Waals surface area contributed by atoms with Crippen LogP contribution in [0.1, 0.15) is 35.7 Å². The van der Waals surface area contributed by atoms with E-state index in [-0.39, 0.29) is 25.4 Å². The van der Waals surface area contributed by atoms with E-state index < -0.39 is 40.9 Å². The molecule has 2 N–H and O–H groups in total. The van der Waals surface area contributed by atoms with E-state index in [2.05, 4.69) is 0 Å². The molecule has 276 valence electrons. The van der Waals surface area contributed by atoms with Crippen LogP contribution in [0.2, 0.25) is 0 Å². The number of aliphatic carboxylic acids is 2. The smallest absolute Gasteiger partial charge is 0.338 e. The summed E-state index contributed by atoms with van der Waals surface area (Å²) in [6, 6.07) is 6.50. The van der Waals surface area contributed by atoms with Gasteiger partial charge in [0.15, 0.2) is 4.93 Å². The number of carboxylic acid groups (broad SMARTS) is 2. The Kier molecular flexibility index (Phi) is 20.0. The number of rotatable bonds is 23. The summed E-state index contributed by atoms with van der Waals surface area (Å²) in [5.41, 5.74) is 0.813. The minimum Gasteiger partial charge on any atom is -0.478 e. The van der Waals surface area contributed by atoms with Gasteiger partial charge in [-0.1, -0.05) is 12.1 Å². The number of carboxylic acids is 2. The Labute approximate surface area is 316 Å². The summed E-state index contributed by atoms with van der Waals surface area (Å²) in [6.07, 6.45) is 4.23. The normalized spacial score (nSPS) is 17.1. The third kappa shape index (κ3) is 18.0. The summed E-state index contributed by atoms with van der Waals surface area (Å²) >= 11 is 10.6. The van der Waals surface area contributed by atoms with Gasteiger partial charge in [-0.25, -0.2) is 33.7 Å². The van der Waals surface area contributed by atoms with Gasteiger partial charge in [0.2, 0.25) is 0 Å². The lowest BCUT2D eigenvalue weighted by Crippen LogP contribution is -2.34. The molecule has 2 fully saturated rings. The van der Waals surface area contributed by atoms with E-state index in [0.29, 0.717) is 38.4 Å². The Morgan fingerprint density at radius 2 is 1.50 bits per heavy atom. The number of thioether (sulfide) groups is 6. The molecule has 2 atom stereocenters. The van der Waals surface area contributed by atoms with E-state index in [9.17, 15) is 24.0 Å². The first-order valence-electron chi connectivity index (χ1n) is 15.5. The molecule has 0 spiro atoms. The molecule has 2 saturated heterocycles. The van der Waals surface area contributed by atoms with Crippen LogP contribution in [0.4, 0.5) is 0 Å². The highest BCUT2D eigenvalue weighted by molar-refractivity contribution is 8.20. The van der Waals surface area contributed by atoms with Crippen molar-refractivity contribution in [2.45, 2.75) is 46.6 Å². The number of ether oxygens (including phenoxy) is 3. The Morgan fingerprint density at radius 3 is 2.14 bits per heavy atom. The molecule has 2 heterocycles. The molecule has 1 aromatic rings. The maximum absolute atomic E-state index is 13.0. The second-order valence-electron chi connectivity index (χ2n) is 10.6. The van der Waals surface area contributed by atoms with Gasteiger partial charge >= 0.3 is 29.8 Å². The molecule has 0 aliphatic carbocycles. The Bertz CT molecular complexity index is 1330. The highest BCUT2D eigenvalue weighted by Gasteiger charge is 2.32. The van der Waals surface area contributed by atoms with E-state index in [4.69, 9.17) is 34.2 Å². The molecule has 0 amide bonds. The van der Waals surface area contributed by atoms with Crippen molar-refractivity contribution >= 4 is 100 Å². The number of hydrogen-bond acceptors (Lipinski definition) is 16. The van der Waals surface area contributed by atoms with Crippen LogP contribution in [-0.4, -0.2) is 114 Å². The predicted octanol–water partition coefficient (Wildman–Crippen LogP) is 5.60. The van der Waals surface area contributed by atoms with Crippen molar-refractivity contribution in [2.75, 3.05) is 53.5 Å². The van der Waals surface area contributed by atoms with Crippen molar-refractivity contribution in [3.8, 4) is 0 Å². The first-order valence-corrected chi connectivity index (χ1v) is 21.8. The van der Waals surface area contributed by atoms with Crippen LogP contribution in [0, 0.1) is 0 Å². The van der Waals surface area contributed by atoms with E-state index in [1.165, 1.54) is 11.8 Å². The Hall–Kier alpha value is -1.93. The largest absolute Gasteiger partial charge is 0.478 e. The maximum atomic E-state index is 13.0. The maximum Gasteiger partial charge on any atom is 0.338 e. The van der Waals surface area contributed by atoms with Crippen LogP contribution in [-0.2, 0) is 49.8 Å². The molecular weight excluding hydrogens is 769 g/mol. The lowest BCUT2D eigenvalue weighted by atomic mass is 10.1. The molecule has 12 nitrogen and oxygen atoms in total. The summed E-state index contributed by atoms with van der Waals surface area (Å²) in [5.74, 6) is 1.53. The van der Waals surface area contributed by atoms with Gasteiger partial charge < -0.3 is 24.4 Å². The topological polar surface area (TPSA) is 172 Å². The van der Waals surface area contributed by atoms with Crippen molar-refractivity contribution in [1.82, 2.24) is 0 Å². The van der Waals surface area contributed by atoms with Crippen LogP contribution in [0.15, 0.2) is 48.6 Å². The average Bonchev–Trinajstić information content (AvgIpc) is 3.81. The quantitative estimate of drug-likeness (QED) is 0.0266. The first-order chi connectivity index (χ1) is 24.0. The summed E-state index contributed by atoms with van der Waals surface area (Å²) in [6.45, 7) is 1.22. The third-order valence-electron chi connectivity index (χ3n) is 6.46. The van der Waals surface area contributed by atoms with Crippen molar-refractivity contribution in [3.05, 3.63) is 59.7 Å². The van der Waals surface area contributed by atoms with Gasteiger partial charge in [0.1, 0.15) is 25.9 Å². The van der Waals surface area contributed by atoms with E-state index >= 15 is 0 Å². The molecule has 0 radical (unpaired) electrons. The molecule has 0 saturated carbocycles. The SMILES string of the molecule is CC(COC(=O)c1cccc(COOCC(CSCCC2SCCS2)OC(=O)C=CC(=O)O)c1)(OC(=O)C=CC(=O)O)SCCC1SCCS1. The van der Waals surface area contributed by atoms with Gasteiger partial charge in [-0.3, -0.25) is 0 Å². The number of esters is 3. The van der Waals surface area contributed by atoms with Crippen LogP contribution in [0.5, 0.6) is 0 Å². The molecule has 2 aliphatic rings.